The maximum atomic E-state index is 14.1. The Hall–Kier alpha value is -4.57. The van der Waals surface area contributed by atoms with E-state index in [0.29, 0.717) is 32.1 Å². The fourth-order valence-electron chi connectivity index (χ4n) is 4.94. The largest absolute Gasteiger partial charge is 0.493 e. The molecule has 0 fully saturated rings. The zero-order chi connectivity index (χ0) is 30.7. The summed E-state index contributed by atoms with van der Waals surface area (Å²) in [5.41, 5.74) is 3.44. The van der Waals surface area contributed by atoms with Crippen LogP contribution in [0.15, 0.2) is 88.2 Å². The number of benzene rings is 3. The monoisotopic (exact) mass is 604 g/mol. The Bertz CT molecular complexity index is 1840. The number of halogens is 2. The van der Waals surface area contributed by atoms with Crippen LogP contribution in [0, 0.1) is 0 Å². The number of nitrogens with zero attached hydrogens (tertiary/aromatic N) is 2. The number of ether oxygens (including phenoxy) is 3. The number of carbonyl (C=O) groups is 1. The van der Waals surface area contributed by atoms with Gasteiger partial charge >= 0.3 is 12.6 Å². The minimum atomic E-state index is -3.01. The molecule has 0 unspecified atom stereocenters. The second-order valence-electron chi connectivity index (χ2n) is 10.0. The number of alkyl halides is 2. The fourth-order valence-corrected chi connectivity index (χ4v) is 5.94. The van der Waals surface area contributed by atoms with Gasteiger partial charge in [-0.25, -0.2) is 9.79 Å². The molecule has 0 spiro atoms. The molecule has 4 aromatic rings. The number of hydrogen-bond acceptors (Lipinski definition) is 7. The SMILES string of the molecule is CCOC(=O)C1=C(c2ccccc2)N=c2s/c(=C/c3ccc(OC(F)F)c(OC)c3)c(=O)n2[C@@H]1c1ccc(C(C)C)cc1. The molecule has 2 heterocycles. The standard InChI is InChI=1S/C33H30F2N2O5S/c1-5-41-31(39)27-28(22-9-7-6-8-10-22)36-33-37(29(27)23-14-12-21(13-15-23)19(2)3)30(38)26(43-33)18-20-11-16-24(42-32(34)35)25(17-20)40-4/h6-19,29,32H,5H2,1-4H3/b26-18+/t29-/m1/s1. The summed E-state index contributed by atoms with van der Waals surface area (Å²) in [6, 6.07) is 20.8. The summed E-state index contributed by atoms with van der Waals surface area (Å²) in [6.45, 7) is 3.06. The van der Waals surface area contributed by atoms with E-state index in [1.807, 2.05) is 54.6 Å². The number of carbonyl (C=O) groups excluding carboxylic acids is 1. The van der Waals surface area contributed by atoms with Crippen LogP contribution >= 0.6 is 11.3 Å². The van der Waals surface area contributed by atoms with E-state index >= 15 is 0 Å². The van der Waals surface area contributed by atoms with Crippen LogP contribution in [0.1, 0.15) is 55.0 Å². The van der Waals surface area contributed by atoms with E-state index in [9.17, 15) is 18.4 Å². The number of esters is 1. The number of hydrogen-bond donors (Lipinski definition) is 0. The molecule has 7 nitrogen and oxygen atoms in total. The Labute approximate surface area is 251 Å². The molecule has 5 rings (SSSR count). The van der Waals surface area contributed by atoms with Gasteiger partial charge in [-0.3, -0.25) is 9.36 Å². The molecule has 1 aliphatic heterocycles. The number of aromatic nitrogens is 1. The van der Waals surface area contributed by atoms with Crippen LogP contribution in [0.2, 0.25) is 0 Å². The summed E-state index contributed by atoms with van der Waals surface area (Å²) >= 11 is 1.17. The van der Waals surface area contributed by atoms with E-state index < -0.39 is 18.6 Å². The molecule has 0 amide bonds. The van der Waals surface area contributed by atoms with Gasteiger partial charge in [0.2, 0.25) is 0 Å². The number of thiazole rings is 1. The van der Waals surface area contributed by atoms with Gasteiger partial charge in [-0.05, 0) is 47.7 Å². The molecule has 0 saturated heterocycles. The predicted octanol–water partition coefficient (Wildman–Crippen LogP) is 5.67. The summed E-state index contributed by atoms with van der Waals surface area (Å²) in [7, 11) is 1.35. The Morgan fingerprint density at radius 1 is 1.05 bits per heavy atom. The normalized spacial score (nSPS) is 15.0. The van der Waals surface area contributed by atoms with E-state index in [1.54, 1.807) is 19.1 Å². The van der Waals surface area contributed by atoms with Crippen molar-refractivity contribution in [2.75, 3.05) is 13.7 Å². The molecule has 0 aliphatic carbocycles. The van der Waals surface area contributed by atoms with E-state index in [4.69, 9.17) is 14.5 Å². The topological polar surface area (TPSA) is 79.1 Å². The van der Waals surface area contributed by atoms with Gasteiger partial charge in [0, 0.05) is 5.56 Å². The van der Waals surface area contributed by atoms with E-state index in [2.05, 4.69) is 18.6 Å². The highest BCUT2D eigenvalue weighted by Crippen LogP contribution is 2.36. The lowest BCUT2D eigenvalue weighted by atomic mass is 9.91. The third kappa shape index (κ3) is 6.15. The first-order chi connectivity index (χ1) is 20.7. The Kier molecular flexibility index (Phi) is 8.86. The molecule has 0 saturated carbocycles. The molecule has 222 valence electrons. The third-order valence-electron chi connectivity index (χ3n) is 6.99. The van der Waals surface area contributed by atoms with Gasteiger partial charge in [-0.2, -0.15) is 8.78 Å². The van der Waals surface area contributed by atoms with Crippen molar-refractivity contribution >= 4 is 29.1 Å². The average molecular weight is 605 g/mol. The van der Waals surface area contributed by atoms with Crippen LogP contribution in [-0.2, 0) is 9.53 Å². The van der Waals surface area contributed by atoms with Crippen molar-refractivity contribution in [1.82, 2.24) is 4.57 Å². The molecule has 1 aromatic heterocycles. The third-order valence-corrected chi connectivity index (χ3v) is 7.98. The first-order valence-electron chi connectivity index (χ1n) is 13.7. The van der Waals surface area contributed by atoms with Crippen LogP contribution in [-0.4, -0.2) is 30.9 Å². The molecule has 3 aromatic carbocycles. The van der Waals surface area contributed by atoms with Gasteiger partial charge in [-0.15, -0.1) is 0 Å². The molecule has 0 N–H and O–H groups in total. The lowest BCUT2D eigenvalue weighted by Gasteiger charge is -2.26. The van der Waals surface area contributed by atoms with Crippen molar-refractivity contribution in [3.63, 3.8) is 0 Å². The molecule has 1 atom stereocenters. The Balaban J connectivity index is 1.75. The van der Waals surface area contributed by atoms with Crippen molar-refractivity contribution in [2.45, 2.75) is 39.3 Å². The summed E-state index contributed by atoms with van der Waals surface area (Å²) in [6.07, 6.45) is 1.63. The molecule has 0 radical (unpaired) electrons. The predicted molar refractivity (Wildman–Crippen MR) is 161 cm³/mol. The van der Waals surface area contributed by atoms with Crippen LogP contribution in [0.5, 0.6) is 11.5 Å². The van der Waals surface area contributed by atoms with Crippen LogP contribution < -0.4 is 24.4 Å². The Morgan fingerprint density at radius 3 is 2.40 bits per heavy atom. The second-order valence-corrected chi connectivity index (χ2v) is 11.1. The van der Waals surface area contributed by atoms with Crippen LogP contribution in [0.3, 0.4) is 0 Å². The maximum Gasteiger partial charge on any atom is 0.387 e. The van der Waals surface area contributed by atoms with Gasteiger partial charge in [0.1, 0.15) is 0 Å². The molecular formula is C33H30F2N2O5S. The smallest absolute Gasteiger partial charge is 0.387 e. The number of rotatable bonds is 9. The van der Waals surface area contributed by atoms with E-state index in [0.717, 1.165) is 11.1 Å². The summed E-state index contributed by atoms with van der Waals surface area (Å²) < 4.78 is 42.8. The van der Waals surface area contributed by atoms with Gasteiger partial charge in [-0.1, -0.05) is 85.8 Å². The van der Waals surface area contributed by atoms with Crippen molar-refractivity contribution in [3.8, 4) is 11.5 Å². The quantitative estimate of drug-likeness (QED) is 0.230. The minimum absolute atomic E-state index is 0.0981. The zero-order valence-corrected chi connectivity index (χ0v) is 24.9. The van der Waals surface area contributed by atoms with E-state index in [-0.39, 0.29) is 29.2 Å². The van der Waals surface area contributed by atoms with Crippen molar-refractivity contribution in [3.05, 3.63) is 120 Å². The summed E-state index contributed by atoms with van der Waals surface area (Å²) in [5.74, 6) is -0.282. The van der Waals surface area contributed by atoms with Crippen molar-refractivity contribution in [1.29, 1.82) is 0 Å². The van der Waals surface area contributed by atoms with Gasteiger partial charge in [0.05, 0.1) is 35.6 Å². The van der Waals surface area contributed by atoms with Gasteiger partial charge in [0.25, 0.3) is 5.56 Å². The zero-order valence-electron chi connectivity index (χ0n) is 24.0. The van der Waals surface area contributed by atoms with Crippen molar-refractivity contribution < 1.29 is 27.8 Å². The number of methoxy groups -OCH3 is 1. The lowest BCUT2D eigenvalue weighted by molar-refractivity contribution is -0.138. The number of fused-ring (bicyclic) bond motifs is 1. The van der Waals surface area contributed by atoms with E-state index in [1.165, 1.54) is 35.1 Å². The molecule has 10 heteroatoms. The first-order valence-corrected chi connectivity index (χ1v) is 14.5. The molecule has 43 heavy (non-hydrogen) atoms. The van der Waals surface area contributed by atoms with Gasteiger partial charge < -0.3 is 14.2 Å². The summed E-state index contributed by atoms with van der Waals surface area (Å²) in [5, 5.41) is 0. The minimum Gasteiger partial charge on any atom is -0.493 e. The maximum absolute atomic E-state index is 14.1. The van der Waals surface area contributed by atoms with Gasteiger partial charge in [0.15, 0.2) is 16.3 Å². The molecular weight excluding hydrogens is 574 g/mol. The summed E-state index contributed by atoms with van der Waals surface area (Å²) in [4.78, 5) is 32.9. The Morgan fingerprint density at radius 2 is 1.77 bits per heavy atom. The molecule has 1 aliphatic rings. The lowest BCUT2D eigenvalue weighted by Crippen LogP contribution is -2.40. The van der Waals surface area contributed by atoms with Crippen LogP contribution in [0.4, 0.5) is 8.78 Å². The van der Waals surface area contributed by atoms with Crippen LogP contribution in [0.25, 0.3) is 11.8 Å². The first kappa shape index (κ1) is 29.9. The second kappa shape index (κ2) is 12.7. The van der Waals surface area contributed by atoms with Crippen molar-refractivity contribution in [2.24, 2.45) is 4.99 Å². The highest BCUT2D eigenvalue weighted by Gasteiger charge is 2.35. The average Bonchev–Trinajstić information content (AvgIpc) is 3.31. The highest BCUT2D eigenvalue weighted by atomic mass is 32.1. The molecule has 0 bridgehead atoms. The highest BCUT2D eigenvalue weighted by molar-refractivity contribution is 7.07. The fraction of sp³-hybridized carbons (Fsp3) is 0.242.